The predicted octanol–water partition coefficient (Wildman–Crippen LogP) is 3.86. The number of rotatable bonds is 9. The van der Waals surface area contributed by atoms with Gasteiger partial charge < -0.3 is 20.1 Å². The zero-order valence-electron chi connectivity index (χ0n) is 19.8. The highest BCUT2D eigenvalue weighted by atomic mass is 32.2. The first kappa shape index (κ1) is 24.3. The Bertz CT molecular complexity index is 1250. The second kappa shape index (κ2) is 11.1. The molecular weight excluding hydrogens is 466 g/mol. The van der Waals surface area contributed by atoms with Crippen LogP contribution in [0.3, 0.4) is 0 Å². The van der Waals surface area contributed by atoms with Crippen molar-refractivity contribution in [1.29, 1.82) is 0 Å². The Morgan fingerprint density at radius 2 is 1.91 bits per heavy atom. The number of carbonyl (C=O) groups is 2. The molecule has 0 radical (unpaired) electrons. The SMILES string of the molecule is CCOC(=O)C1=C(CSc2nnc(-c3cccc(C)c3)n2-c2ccc(OCC)cc2)NC(=O)NC1. The molecule has 2 N–H and O–H groups in total. The number of thioether (sulfide) groups is 1. The minimum atomic E-state index is -0.455. The molecule has 0 spiro atoms. The van der Waals surface area contributed by atoms with E-state index in [9.17, 15) is 9.59 Å². The summed E-state index contributed by atoms with van der Waals surface area (Å²) in [5, 5.41) is 14.9. The van der Waals surface area contributed by atoms with E-state index in [-0.39, 0.29) is 19.2 Å². The van der Waals surface area contributed by atoms with Gasteiger partial charge >= 0.3 is 12.0 Å². The number of urea groups is 1. The van der Waals surface area contributed by atoms with Gasteiger partial charge in [0, 0.05) is 22.7 Å². The lowest BCUT2D eigenvalue weighted by atomic mass is 10.1. The molecule has 2 amide bonds. The van der Waals surface area contributed by atoms with Gasteiger partial charge in [0.15, 0.2) is 11.0 Å². The van der Waals surface area contributed by atoms with Crippen LogP contribution in [0, 0.1) is 6.92 Å². The Balaban J connectivity index is 1.70. The van der Waals surface area contributed by atoms with Crippen LogP contribution in [-0.4, -0.2) is 52.3 Å². The Morgan fingerprint density at radius 3 is 2.63 bits per heavy atom. The third-order valence-electron chi connectivity index (χ3n) is 5.24. The number of aryl methyl sites for hydroxylation is 1. The molecule has 0 saturated carbocycles. The number of nitrogens with zero attached hydrogens (tertiary/aromatic N) is 3. The quantitative estimate of drug-likeness (QED) is 0.344. The maximum absolute atomic E-state index is 12.4. The van der Waals surface area contributed by atoms with Crippen molar-refractivity contribution >= 4 is 23.8 Å². The van der Waals surface area contributed by atoms with Crippen LogP contribution in [-0.2, 0) is 9.53 Å². The molecule has 1 aliphatic heterocycles. The number of ether oxygens (including phenoxy) is 2. The van der Waals surface area contributed by atoms with Crippen LogP contribution in [0.2, 0.25) is 0 Å². The molecule has 3 aromatic rings. The normalized spacial score (nSPS) is 13.3. The molecule has 0 bridgehead atoms. The molecule has 0 unspecified atom stereocenters. The molecule has 9 nitrogen and oxygen atoms in total. The van der Waals surface area contributed by atoms with Crippen LogP contribution < -0.4 is 15.4 Å². The molecule has 35 heavy (non-hydrogen) atoms. The van der Waals surface area contributed by atoms with Gasteiger partial charge in [-0.25, -0.2) is 9.59 Å². The highest BCUT2D eigenvalue weighted by Gasteiger charge is 2.25. The first-order chi connectivity index (χ1) is 17.0. The van der Waals surface area contributed by atoms with Gasteiger partial charge in [0.25, 0.3) is 0 Å². The van der Waals surface area contributed by atoms with Gasteiger partial charge in [-0.15, -0.1) is 10.2 Å². The highest BCUT2D eigenvalue weighted by Crippen LogP contribution is 2.30. The fourth-order valence-electron chi connectivity index (χ4n) is 3.63. The van der Waals surface area contributed by atoms with E-state index in [1.165, 1.54) is 11.8 Å². The van der Waals surface area contributed by atoms with Crippen molar-refractivity contribution in [3.05, 3.63) is 65.4 Å². The van der Waals surface area contributed by atoms with Gasteiger partial charge in [0.05, 0.1) is 25.3 Å². The Kier molecular flexibility index (Phi) is 7.71. The molecule has 0 aliphatic carbocycles. The summed E-state index contributed by atoms with van der Waals surface area (Å²) in [6.45, 7) is 6.66. The second-order valence-electron chi connectivity index (χ2n) is 7.71. The van der Waals surface area contributed by atoms with Gasteiger partial charge in [-0.2, -0.15) is 0 Å². The summed E-state index contributed by atoms with van der Waals surface area (Å²) in [7, 11) is 0. The lowest BCUT2D eigenvalue weighted by Gasteiger charge is -2.21. The van der Waals surface area contributed by atoms with Crippen molar-refractivity contribution in [3.63, 3.8) is 0 Å². The lowest BCUT2D eigenvalue weighted by Crippen LogP contribution is -2.44. The number of hydrogen-bond acceptors (Lipinski definition) is 7. The van der Waals surface area contributed by atoms with E-state index in [2.05, 4.69) is 26.9 Å². The lowest BCUT2D eigenvalue weighted by molar-refractivity contribution is -0.138. The number of hydrogen-bond donors (Lipinski definition) is 2. The summed E-state index contributed by atoms with van der Waals surface area (Å²) in [6.07, 6.45) is 0. The van der Waals surface area contributed by atoms with E-state index in [4.69, 9.17) is 9.47 Å². The molecule has 0 saturated heterocycles. The third-order valence-corrected chi connectivity index (χ3v) is 6.19. The van der Waals surface area contributed by atoms with Crippen molar-refractivity contribution in [2.75, 3.05) is 25.5 Å². The fourth-order valence-corrected chi connectivity index (χ4v) is 4.57. The van der Waals surface area contributed by atoms with Gasteiger partial charge in [-0.05, 0) is 51.1 Å². The number of carbonyl (C=O) groups excluding carboxylic acids is 2. The van der Waals surface area contributed by atoms with E-state index in [1.807, 2.05) is 60.9 Å². The Morgan fingerprint density at radius 1 is 1.11 bits per heavy atom. The third kappa shape index (κ3) is 5.65. The number of benzene rings is 2. The maximum atomic E-state index is 12.4. The summed E-state index contributed by atoms with van der Waals surface area (Å²) >= 11 is 1.37. The van der Waals surface area contributed by atoms with Crippen LogP contribution in [0.1, 0.15) is 19.4 Å². The average Bonchev–Trinajstić information content (AvgIpc) is 3.27. The number of esters is 1. The minimum absolute atomic E-state index is 0.112. The van der Waals surface area contributed by atoms with Crippen LogP contribution >= 0.6 is 11.8 Å². The Hall–Kier alpha value is -3.79. The van der Waals surface area contributed by atoms with E-state index in [1.54, 1.807) is 6.92 Å². The van der Waals surface area contributed by atoms with Crippen LogP contribution in [0.15, 0.2) is 65.0 Å². The second-order valence-corrected chi connectivity index (χ2v) is 8.65. The van der Waals surface area contributed by atoms with Crippen molar-refractivity contribution in [3.8, 4) is 22.8 Å². The molecule has 0 atom stereocenters. The molecule has 0 fully saturated rings. The first-order valence-electron chi connectivity index (χ1n) is 11.3. The molecule has 10 heteroatoms. The van der Waals surface area contributed by atoms with Gasteiger partial charge in [0.1, 0.15) is 5.75 Å². The zero-order chi connectivity index (χ0) is 24.8. The van der Waals surface area contributed by atoms with Gasteiger partial charge in [0.2, 0.25) is 0 Å². The van der Waals surface area contributed by atoms with E-state index >= 15 is 0 Å². The smallest absolute Gasteiger partial charge is 0.337 e. The summed E-state index contributed by atoms with van der Waals surface area (Å²) in [6, 6.07) is 15.4. The minimum Gasteiger partial charge on any atom is -0.494 e. The Labute approximate surface area is 207 Å². The predicted molar refractivity (Wildman–Crippen MR) is 134 cm³/mol. The number of amides is 2. The van der Waals surface area contributed by atoms with Crippen molar-refractivity contribution in [2.24, 2.45) is 0 Å². The van der Waals surface area contributed by atoms with Crippen molar-refractivity contribution in [1.82, 2.24) is 25.4 Å². The highest BCUT2D eigenvalue weighted by molar-refractivity contribution is 7.99. The van der Waals surface area contributed by atoms with Crippen LogP contribution in [0.4, 0.5) is 4.79 Å². The topological polar surface area (TPSA) is 107 Å². The fraction of sp³-hybridized carbons (Fsp3) is 0.280. The molecule has 1 aliphatic rings. The largest absolute Gasteiger partial charge is 0.494 e. The molecule has 2 heterocycles. The number of aromatic nitrogens is 3. The molecule has 1 aromatic heterocycles. The summed E-state index contributed by atoms with van der Waals surface area (Å²) in [5.41, 5.74) is 3.80. The van der Waals surface area contributed by atoms with Crippen molar-refractivity contribution < 1.29 is 19.1 Å². The monoisotopic (exact) mass is 493 g/mol. The molecule has 2 aromatic carbocycles. The van der Waals surface area contributed by atoms with Crippen molar-refractivity contribution in [2.45, 2.75) is 25.9 Å². The summed E-state index contributed by atoms with van der Waals surface area (Å²) in [4.78, 5) is 24.3. The molecular formula is C25H27N5O4S. The standard InChI is InChI=1S/C25H27N5O4S/c1-4-33-19-11-9-18(10-12-19)30-22(17-8-6-7-16(3)13-17)28-29-25(30)35-15-21-20(23(31)34-5-2)14-26-24(32)27-21/h6-13H,4-5,14-15H2,1-3H3,(H2,26,27,32). The van der Waals surface area contributed by atoms with Crippen LogP contribution in [0.25, 0.3) is 17.1 Å². The summed E-state index contributed by atoms with van der Waals surface area (Å²) < 4.78 is 12.7. The maximum Gasteiger partial charge on any atom is 0.337 e. The number of nitrogens with one attached hydrogen (secondary N) is 2. The first-order valence-corrected chi connectivity index (χ1v) is 12.3. The molecule has 182 valence electrons. The van der Waals surface area contributed by atoms with E-state index in [0.29, 0.717) is 34.6 Å². The van der Waals surface area contributed by atoms with Gasteiger partial charge in [-0.1, -0.05) is 35.5 Å². The summed E-state index contributed by atoms with van der Waals surface area (Å²) in [5.74, 6) is 1.32. The average molecular weight is 494 g/mol. The zero-order valence-corrected chi connectivity index (χ0v) is 20.6. The molecule has 4 rings (SSSR count). The van der Waals surface area contributed by atoms with E-state index in [0.717, 1.165) is 22.6 Å². The van der Waals surface area contributed by atoms with E-state index < -0.39 is 5.97 Å². The van der Waals surface area contributed by atoms with Gasteiger partial charge in [-0.3, -0.25) is 4.57 Å². The van der Waals surface area contributed by atoms with Crippen LogP contribution in [0.5, 0.6) is 5.75 Å².